The Balaban J connectivity index is 2.21. The van der Waals surface area contributed by atoms with Crippen molar-refractivity contribution in [2.45, 2.75) is 39.8 Å². The van der Waals surface area contributed by atoms with Gasteiger partial charge in [-0.1, -0.05) is 0 Å². The molecule has 0 bridgehead atoms. The molecule has 0 aliphatic carbocycles. The average molecular weight is 585 g/mol. The van der Waals surface area contributed by atoms with Crippen molar-refractivity contribution < 1.29 is 63.0 Å². The monoisotopic (exact) mass is 585 g/mol. The van der Waals surface area contributed by atoms with E-state index in [-0.39, 0.29) is 23.5 Å². The molecule has 0 aliphatic heterocycles. The number of hydrogen-bond donors (Lipinski definition) is 1. The van der Waals surface area contributed by atoms with Crippen LogP contribution in [-0.2, 0) is 0 Å². The average Bonchev–Trinajstić information content (AvgIpc) is 2.89. The minimum absolute atomic E-state index is 0.00276. The van der Waals surface area contributed by atoms with Gasteiger partial charge in [0.05, 0.1) is 5.69 Å². The molecule has 0 radical (unpaired) electrons. The second-order valence-corrected chi connectivity index (χ2v) is 8.69. The van der Waals surface area contributed by atoms with Crippen LogP contribution in [-0.4, -0.2) is 24.5 Å². The Morgan fingerprint density at radius 1 is 0.575 bits per heavy atom. The van der Waals surface area contributed by atoms with Crippen LogP contribution in [0, 0.1) is 58.2 Å². The van der Waals surface area contributed by atoms with E-state index in [0.29, 0.717) is 0 Å². The summed E-state index contributed by atoms with van der Waals surface area (Å²) in [5.41, 5.74) is -0.00276. The minimum Gasteiger partial charge on any atom is -0.508 e. The highest BCUT2D eigenvalue weighted by Crippen LogP contribution is 2.37. The highest BCUT2D eigenvalue weighted by Gasteiger charge is 2.40. The van der Waals surface area contributed by atoms with E-state index in [9.17, 15) is 49.0 Å². The lowest BCUT2D eigenvalue weighted by Crippen LogP contribution is -2.41. The number of anilines is 1. The molecular formula is C24H18BF10NO4. The molecule has 0 unspecified atom stereocenters. The molecule has 1 N–H and O–H groups in total. The molecule has 0 amide bonds. The van der Waals surface area contributed by atoms with Crippen LogP contribution >= 0.6 is 0 Å². The lowest BCUT2D eigenvalue weighted by molar-refractivity contribution is 0.260. The van der Waals surface area contributed by atoms with Crippen molar-refractivity contribution in [2.24, 2.45) is 0 Å². The zero-order chi connectivity index (χ0) is 30.2. The summed E-state index contributed by atoms with van der Waals surface area (Å²) in [5.74, 6) is -30.3. The topological polar surface area (TPSA) is 51.2 Å². The summed E-state index contributed by atoms with van der Waals surface area (Å²) in [5, 5.41) is 9.99. The van der Waals surface area contributed by atoms with Gasteiger partial charge in [0.2, 0.25) is 58.2 Å². The van der Waals surface area contributed by atoms with Gasteiger partial charge in [0.15, 0.2) is 11.5 Å². The van der Waals surface area contributed by atoms with Gasteiger partial charge in [-0.25, -0.2) is 26.3 Å². The Morgan fingerprint density at radius 2 is 0.925 bits per heavy atom. The van der Waals surface area contributed by atoms with E-state index in [2.05, 4.69) is 9.31 Å². The third-order valence-corrected chi connectivity index (χ3v) is 5.32. The van der Waals surface area contributed by atoms with Gasteiger partial charge < -0.3 is 24.0 Å². The Kier molecular flexibility index (Phi) is 8.89. The normalized spacial score (nSPS) is 11.3. The zero-order valence-electron chi connectivity index (χ0n) is 20.9. The van der Waals surface area contributed by atoms with Gasteiger partial charge in [-0.05, 0) is 39.8 Å². The smallest absolute Gasteiger partial charge is 0.508 e. The maximum absolute atomic E-state index is 14.3. The minimum atomic E-state index is -2.94. The molecule has 3 rings (SSSR count). The summed E-state index contributed by atoms with van der Waals surface area (Å²) in [6.07, 6.45) is 0. The molecule has 0 atom stereocenters. The number of aromatic hydroxyl groups is 1. The summed E-state index contributed by atoms with van der Waals surface area (Å²) >= 11 is 0. The fourth-order valence-corrected chi connectivity index (χ4v) is 3.70. The molecule has 3 aromatic rings. The molecule has 3 aromatic carbocycles. The Bertz CT molecular complexity index is 1300. The van der Waals surface area contributed by atoms with Crippen LogP contribution in [0.3, 0.4) is 0 Å². The molecule has 40 heavy (non-hydrogen) atoms. The maximum Gasteiger partial charge on any atom is 0.864 e. The zero-order valence-corrected chi connectivity index (χ0v) is 20.9. The van der Waals surface area contributed by atoms with Gasteiger partial charge in [-0.15, -0.1) is 0 Å². The van der Waals surface area contributed by atoms with E-state index < -0.39 is 82.7 Å². The number of phenolic OH excluding ortho intramolecular Hbond substituents is 1. The van der Waals surface area contributed by atoms with Crippen LogP contribution in [0.5, 0.6) is 23.0 Å². The summed E-state index contributed by atoms with van der Waals surface area (Å²) in [6, 6.07) is 2.44. The third kappa shape index (κ3) is 5.65. The lowest BCUT2D eigenvalue weighted by Gasteiger charge is -2.34. The number of benzene rings is 3. The quantitative estimate of drug-likeness (QED) is 0.128. The number of phenols is 1. The van der Waals surface area contributed by atoms with E-state index in [0.717, 1.165) is 18.2 Å². The number of halogens is 10. The Hall–Kier alpha value is -3.98. The third-order valence-electron chi connectivity index (χ3n) is 5.32. The highest BCUT2D eigenvalue weighted by molar-refractivity contribution is 6.39. The molecule has 216 valence electrons. The SMILES string of the molecule is CC(C)N(c1cc(O)ccc1OB(Oc1c(F)c(F)c(F)c(F)c1F)Oc1c(F)c(F)c(F)c(F)c1F)C(C)C. The van der Waals surface area contributed by atoms with Gasteiger partial charge in [0.25, 0.3) is 0 Å². The first kappa shape index (κ1) is 30.6. The van der Waals surface area contributed by atoms with Crippen LogP contribution < -0.4 is 18.9 Å². The number of nitrogens with zero attached hydrogens (tertiary/aromatic N) is 1. The van der Waals surface area contributed by atoms with Gasteiger partial charge in [-0.3, -0.25) is 0 Å². The van der Waals surface area contributed by atoms with Crippen molar-refractivity contribution in [1.29, 1.82) is 0 Å². The van der Waals surface area contributed by atoms with E-state index in [1.54, 1.807) is 32.6 Å². The van der Waals surface area contributed by atoms with Gasteiger partial charge in [0, 0.05) is 18.2 Å². The van der Waals surface area contributed by atoms with Crippen LogP contribution in [0.4, 0.5) is 49.6 Å². The van der Waals surface area contributed by atoms with Crippen molar-refractivity contribution in [2.75, 3.05) is 4.90 Å². The predicted molar refractivity (Wildman–Crippen MR) is 121 cm³/mol. The number of rotatable bonds is 9. The van der Waals surface area contributed by atoms with Gasteiger partial charge in [-0.2, -0.15) is 17.6 Å². The van der Waals surface area contributed by atoms with E-state index in [4.69, 9.17) is 4.65 Å². The Morgan fingerprint density at radius 3 is 1.27 bits per heavy atom. The highest BCUT2D eigenvalue weighted by atomic mass is 19.2. The fourth-order valence-electron chi connectivity index (χ4n) is 3.70. The van der Waals surface area contributed by atoms with Crippen molar-refractivity contribution >= 4 is 13.0 Å². The largest absolute Gasteiger partial charge is 0.864 e. The second-order valence-electron chi connectivity index (χ2n) is 8.69. The summed E-state index contributed by atoms with van der Waals surface area (Å²) in [7, 11) is -2.94. The summed E-state index contributed by atoms with van der Waals surface area (Å²) in [4.78, 5) is 1.59. The molecule has 0 aliphatic rings. The molecule has 5 nitrogen and oxygen atoms in total. The molecule has 16 heteroatoms. The van der Waals surface area contributed by atoms with Crippen molar-refractivity contribution in [3.05, 3.63) is 76.4 Å². The van der Waals surface area contributed by atoms with Crippen molar-refractivity contribution in [3.63, 3.8) is 0 Å². The van der Waals surface area contributed by atoms with Gasteiger partial charge >= 0.3 is 7.32 Å². The second kappa shape index (κ2) is 11.6. The van der Waals surface area contributed by atoms with Crippen molar-refractivity contribution in [3.8, 4) is 23.0 Å². The van der Waals surface area contributed by atoms with Crippen LogP contribution in [0.1, 0.15) is 27.7 Å². The molecule has 0 heterocycles. The molecule has 0 spiro atoms. The summed E-state index contributed by atoms with van der Waals surface area (Å²) < 4.78 is 154. The molecule has 0 fully saturated rings. The van der Waals surface area contributed by atoms with Crippen LogP contribution in [0.25, 0.3) is 0 Å². The number of hydrogen-bond acceptors (Lipinski definition) is 5. The predicted octanol–water partition coefficient (Wildman–Crippen LogP) is 6.93. The van der Waals surface area contributed by atoms with Gasteiger partial charge in [0.1, 0.15) is 11.5 Å². The van der Waals surface area contributed by atoms with E-state index in [1.807, 2.05) is 0 Å². The standard InChI is InChI=1S/C24H18BF10NO4/c1-8(2)36(9(3)4)11-7-10(37)5-6-12(11)38-25(39-23-19(32)15(28)13(26)16(29)20(23)33)40-24-21(34)17(30)14(27)18(31)22(24)35/h5-9,37H,1-4H3. The van der Waals surface area contributed by atoms with Crippen LogP contribution in [0.15, 0.2) is 18.2 Å². The maximum atomic E-state index is 14.3. The molecule has 0 saturated carbocycles. The van der Waals surface area contributed by atoms with Crippen molar-refractivity contribution in [1.82, 2.24) is 0 Å². The fraction of sp³-hybridized carbons (Fsp3) is 0.250. The first-order valence-corrected chi connectivity index (χ1v) is 11.2. The first-order valence-electron chi connectivity index (χ1n) is 11.2. The molecule has 0 aromatic heterocycles. The van der Waals surface area contributed by atoms with Crippen LogP contribution in [0.2, 0.25) is 0 Å². The molecule has 0 saturated heterocycles. The molecular weight excluding hydrogens is 567 g/mol. The summed E-state index contributed by atoms with van der Waals surface area (Å²) in [6.45, 7) is 6.79. The Labute approximate surface area is 220 Å². The van der Waals surface area contributed by atoms with E-state index >= 15 is 0 Å². The lowest BCUT2D eigenvalue weighted by atomic mass is 10.1. The first-order chi connectivity index (χ1) is 18.6. The van der Waals surface area contributed by atoms with E-state index in [1.165, 1.54) is 0 Å².